The minimum Gasteiger partial charge on any atom is -0.480 e. The Morgan fingerprint density at radius 1 is 0.944 bits per heavy atom. The lowest BCUT2D eigenvalue weighted by Gasteiger charge is -2.35. The minimum atomic E-state index is -1.07. The molecular weight excluding hydrogens is 232 g/mol. The van der Waals surface area contributed by atoms with Crippen molar-refractivity contribution >= 4 is 11.9 Å². The van der Waals surface area contributed by atoms with Crippen LogP contribution in [-0.2, 0) is 9.59 Å². The quantitative estimate of drug-likeness (QED) is 0.704. The Kier molecular flexibility index (Phi) is 3.61. The zero-order valence-electron chi connectivity index (χ0n) is 10.7. The number of carboxylic acid groups (broad SMARTS) is 1. The number of nitrogens with one attached hydrogen (secondary N) is 1. The molecule has 4 N–H and O–H groups in total. The van der Waals surface area contributed by atoms with Gasteiger partial charge in [0, 0.05) is 0 Å². The van der Waals surface area contributed by atoms with Gasteiger partial charge in [-0.3, -0.25) is 4.79 Å². The zero-order chi connectivity index (χ0) is 13.2. The number of hydrogen-bond donors (Lipinski definition) is 3. The summed E-state index contributed by atoms with van der Waals surface area (Å²) in [4.78, 5) is 23.7. The van der Waals surface area contributed by atoms with Crippen LogP contribution < -0.4 is 11.1 Å². The van der Waals surface area contributed by atoms with Crippen molar-refractivity contribution in [3.63, 3.8) is 0 Å². The third-order valence-corrected chi connectivity index (χ3v) is 4.42. The molecule has 0 saturated heterocycles. The standard InChI is InChI=1S/C13H22N2O3/c14-12(6-2-1-3-7-12)10(16)15-13(11(17)18)8-4-5-9-13/h1-9,14H2,(H,15,16)(H,17,18). The fraction of sp³-hybridized carbons (Fsp3) is 0.846. The van der Waals surface area contributed by atoms with Crippen molar-refractivity contribution in [3.8, 4) is 0 Å². The van der Waals surface area contributed by atoms with Gasteiger partial charge in [-0.15, -0.1) is 0 Å². The summed E-state index contributed by atoms with van der Waals surface area (Å²) in [5, 5.41) is 12.1. The summed E-state index contributed by atoms with van der Waals surface area (Å²) < 4.78 is 0. The molecular formula is C13H22N2O3. The van der Waals surface area contributed by atoms with Gasteiger partial charge in [0.1, 0.15) is 5.54 Å². The Morgan fingerprint density at radius 3 is 1.94 bits per heavy atom. The van der Waals surface area contributed by atoms with Gasteiger partial charge < -0.3 is 16.2 Å². The lowest BCUT2D eigenvalue weighted by atomic mass is 9.81. The molecule has 5 nitrogen and oxygen atoms in total. The maximum Gasteiger partial charge on any atom is 0.329 e. The van der Waals surface area contributed by atoms with Gasteiger partial charge >= 0.3 is 5.97 Å². The average Bonchev–Trinajstić information content (AvgIpc) is 2.80. The number of carbonyl (C=O) groups excluding carboxylic acids is 1. The van der Waals surface area contributed by atoms with Crippen molar-refractivity contribution in [1.29, 1.82) is 0 Å². The second-order valence-electron chi connectivity index (χ2n) is 5.77. The van der Waals surface area contributed by atoms with Gasteiger partial charge in [0.2, 0.25) is 5.91 Å². The van der Waals surface area contributed by atoms with Crippen molar-refractivity contribution in [3.05, 3.63) is 0 Å². The third kappa shape index (κ3) is 2.36. The molecule has 0 spiro atoms. The molecule has 0 aromatic rings. The molecule has 2 aliphatic carbocycles. The van der Waals surface area contributed by atoms with E-state index in [0.29, 0.717) is 25.7 Å². The van der Waals surface area contributed by atoms with E-state index in [9.17, 15) is 14.7 Å². The van der Waals surface area contributed by atoms with E-state index in [1.807, 2.05) is 0 Å². The summed E-state index contributed by atoms with van der Waals surface area (Å²) in [5.74, 6) is -1.20. The maximum absolute atomic E-state index is 12.3. The van der Waals surface area contributed by atoms with Crippen LogP contribution in [0.5, 0.6) is 0 Å². The van der Waals surface area contributed by atoms with Crippen LogP contribution >= 0.6 is 0 Å². The molecule has 0 aliphatic heterocycles. The van der Waals surface area contributed by atoms with E-state index in [1.54, 1.807) is 0 Å². The number of carboxylic acids is 1. The number of nitrogens with two attached hydrogens (primary N) is 1. The highest BCUT2D eigenvalue weighted by Crippen LogP contribution is 2.32. The number of aliphatic carboxylic acids is 1. The fourth-order valence-electron chi connectivity index (χ4n) is 3.12. The highest BCUT2D eigenvalue weighted by atomic mass is 16.4. The maximum atomic E-state index is 12.3. The van der Waals surface area contributed by atoms with Gasteiger partial charge in [-0.2, -0.15) is 0 Å². The van der Waals surface area contributed by atoms with Crippen LogP contribution in [0, 0.1) is 0 Å². The second-order valence-corrected chi connectivity index (χ2v) is 5.77. The smallest absolute Gasteiger partial charge is 0.329 e. The SMILES string of the molecule is NC1(C(=O)NC2(C(=O)O)CCCC2)CCCCC1. The number of carbonyl (C=O) groups is 2. The van der Waals surface area contributed by atoms with Crippen LogP contribution in [0.25, 0.3) is 0 Å². The molecule has 0 bridgehead atoms. The van der Waals surface area contributed by atoms with Crippen molar-refractivity contribution in [1.82, 2.24) is 5.32 Å². The average molecular weight is 254 g/mol. The molecule has 2 saturated carbocycles. The molecule has 0 aromatic heterocycles. The Labute approximate surface area is 107 Å². The first-order chi connectivity index (χ1) is 8.49. The Bertz CT molecular complexity index is 342. The van der Waals surface area contributed by atoms with Crippen molar-refractivity contribution in [2.75, 3.05) is 0 Å². The lowest BCUT2D eigenvalue weighted by molar-refractivity contribution is -0.148. The van der Waals surface area contributed by atoms with E-state index >= 15 is 0 Å². The molecule has 5 heteroatoms. The molecule has 18 heavy (non-hydrogen) atoms. The summed E-state index contributed by atoms with van der Waals surface area (Å²) in [6.07, 6.45) is 7.07. The van der Waals surface area contributed by atoms with Crippen LogP contribution in [0.3, 0.4) is 0 Å². The molecule has 0 aromatic carbocycles. The van der Waals surface area contributed by atoms with Crippen LogP contribution in [0.1, 0.15) is 57.8 Å². The molecule has 2 aliphatic rings. The monoisotopic (exact) mass is 254 g/mol. The summed E-state index contributed by atoms with van der Waals surface area (Å²) >= 11 is 0. The lowest BCUT2D eigenvalue weighted by Crippen LogP contribution is -2.62. The predicted molar refractivity (Wildman–Crippen MR) is 67.0 cm³/mol. The van der Waals surface area contributed by atoms with Crippen molar-refractivity contribution in [2.45, 2.75) is 68.9 Å². The predicted octanol–water partition coefficient (Wildman–Crippen LogP) is 1.16. The van der Waals surface area contributed by atoms with E-state index in [0.717, 1.165) is 32.1 Å². The molecule has 2 rings (SSSR count). The molecule has 0 heterocycles. The van der Waals surface area contributed by atoms with Crippen LogP contribution in [0.2, 0.25) is 0 Å². The summed E-state index contributed by atoms with van der Waals surface area (Å²) in [6, 6.07) is 0. The highest BCUT2D eigenvalue weighted by molar-refractivity contribution is 5.92. The second kappa shape index (κ2) is 4.88. The molecule has 2 fully saturated rings. The summed E-state index contributed by atoms with van der Waals surface area (Å²) in [6.45, 7) is 0. The van der Waals surface area contributed by atoms with Crippen LogP contribution in [0.4, 0.5) is 0 Å². The molecule has 0 atom stereocenters. The molecule has 0 unspecified atom stereocenters. The number of rotatable bonds is 3. The van der Waals surface area contributed by atoms with Crippen LogP contribution in [-0.4, -0.2) is 28.1 Å². The Hall–Kier alpha value is -1.10. The highest BCUT2D eigenvalue weighted by Gasteiger charge is 2.46. The fourth-order valence-corrected chi connectivity index (χ4v) is 3.12. The van der Waals surface area contributed by atoms with Gasteiger partial charge in [0.05, 0.1) is 5.54 Å². The van der Waals surface area contributed by atoms with Crippen molar-refractivity contribution < 1.29 is 14.7 Å². The minimum absolute atomic E-state index is 0.272. The normalized spacial score (nSPS) is 25.6. The van der Waals surface area contributed by atoms with Gasteiger partial charge in [-0.05, 0) is 25.7 Å². The van der Waals surface area contributed by atoms with E-state index in [-0.39, 0.29) is 5.91 Å². The van der Waals surface area contributed by atoms with E-state index < -0.39 is 17.0 Å². The van der Waals surface area contributed by atoms with E-state index in [1.165, 1.54) is 0 Å². The third-order valence-electron chi connectivity index (χ3n) is 4.42. The van der Waals surface area contributed by atoms with Gasteiger partial charge in [0.25, 0.3) is 0 Å². The van der Waals surface area contributed by atoms with Crippen molar-refractivity contribution in [2.24, 2.45) is 5.73 Å². The van der Waals surface area contributed by atoms with Crippen LogP contribution in [0.15, 0.2) is 0 Å². The first-order valence-corrected chi connectivity index (χ1v) is 6.83. The zero-order valence-corrected chi connectivity index (χ0v) is 10.7. The largest absolute Gasteiger partial charge is 0.480 e. The topological polar surface area (TPSA) is 92.4 Å². The Balaban J connectivity index is 2.07. The Morgan fingerprint density at radius 2 is 1.44 bits per heavy atom. The van der Waals surface area contributed by atoms with E-state index in [2.05, 4.69) is 5.32 Å². The summed E-state index contributed by atoms with van der Waals surface area (Å²) in [7, 11) is 0. The first kappa shape index (κ1) is 13.3. The van der Waals surface area contributed by atoms with Gasteiger partial charge in [-0.1, -0.05) is 32.1 Å². The molecule has 0 radical (unpaired) electrons. The molecule has 1 amide bonds. The van der Waals surface area contributed by atoms with E-state index in [4.69, 9.17) is 5.73 Å². The number of amides is 1. The summed E-state index contributed by atoms with van der Waals surface area (Å²) in [5.41, 5.74) is 4.21. The van der Waals surface area contributed by atoms with Gasteiger partial charge in [0.15, 0.2) is 0 Å². The number of hydrogen-bond acceptors (Lipinski definition) is 3. The molecule has 102 valence electrons. The first-order valence-electron chi connectivity index (χ1n) is 6.83. The van der Waals surface area contributed by atoms with Gasteiger partial charge in [-0.25, -0.2) is 4.79 Å².